The first-order chi connectivity index (χ1) is 33.5. The van der Waals surface area contributed by atoms with Gasteiger partial charge in [-0.2, -0.15) is 0 Å². The molecule has 6 heteroatoms. The summed E-state index contributed by atoms with van der Waals surface area (Å²) in [7, 11) is 0. The van der Waals surface area contributed by atoms with Gasteiger partial charge >= 0.3 is 17.9 Å². The Kier molecular flexibility index (Phi) is 54.8. The molecule has 0 rings (SSSR count). The third-order valence-corrected chi connectivity index (χ3v) is 13.1. The Morgan fingerprint density at radius 2 is 0.574 bits per heavy atom. The van der Waals surface area contributed by atoms with Crippen molar-refractivity contribution in [3.8, 4) is 0 Å². The summed E-state index contributed by atoms with van der Waals surface area (Å²) in [5.74, 6) is -0.906. The lowest BCUT2D eigenvalue weighted by molar-refractivity contribution is -0.167. The molecule has 6 nitrogen and oxygen atoms in total. The smallest absolute Gasteiger partial charge is 0.306 e. The van der Waals surface area contributed by atoms with E-state index in [1.165, 1.54) is 186 Å². The predicted molar refractivity (Wildman–Crippen MR) is 293 cm³/mol. The zero-order valence-electron chi connectivity index (χ0n) is 45.4. The number of allylic oxidation sites excluding steroid dienone is 8. The van der Waals surface area contributed by atoms with Crippen LogP contribution in [0.15, 0.2) is 48.6 Å². The Morgan fingerprint density at radius 3 is 0.897 bits per heavy atom. The summed E-state index contributed by atoms with van der Waals surface area (Å²) >= 11 is 0. The van der Waals surface area contributed by atoms with Crippen LogP contribution in [0.25, 0.3) is 0 Å². The molecule has 0 saturated carbocycles. The molecule has 0 amide bonds. The first-order valence-corrected chi connectivity index (χ1v) is 29.6. The second kappa shape index (κ2) is 57.0. The Morgan fingerprint density at radius 1 is 0.309 bits per heavy atom. The minimum atomic E-state index is -0.786. The molecule has 0 bridgehead atoms. The van der Waals surface area contributed by atoms with Crippen LogP contribution in [-0.4, -0.2) is 37.2 Å². The zero-order valence-corrected chi connectivity index (χ0v) is 45.4. The molecule has 0 saturated heterocycles. The van der Waals surface area contributed by atoms with E-state index >= 15 is 0 Å². The standard InChI is InChI=1S/C62H112O6/c1-4-7-10-13-16-19-22-25-28-30-31-32-35-37-40-43-46-49-52-55-61(64)67-58-59(57-66-60(63)54-51-48-45-42-39-36-33-27-24-21-18-15-12-9-6-3)68-62(65)56-53-50-47-44-41-38-34-29-26-23-20-17-14-11-8-5-2/h9,12,18,21,27,33,39,42,59H,4-8,10-11,13-17,19-20,22-26,28-32,34-38,40-41,43-58H2,1-3H3/b12-9-,21-18-,33-27-,42-39-/t59-/m1/s1. The maximum atomic E-state index is 12.9. The number of hydrogen-bond acceptors (Lipinski definition) is 6. The van der Waals surface area contributed by atoms with Gasteiger partial charge in [0.2, 0.25) is 0 Å². The van der Waals surface area contributed by atoms with Gasteiger partial charge in [-0.25, -0.2) is 0 Å². The first kappa shape index (κ1) is 65.4. The predicted octanol–water partition coefficient (Wildman–Crippen LogP) is 19.8. The number of esters is 3. The molecule has 396 valence electrons. The maximum absolute atomic E-state index is 12.9. The number of unbranched alkanes of at least 4 members (excludes halogenated alkanes) is 35. The van der Waals surface area contributed by atoms with Crippen molar-refractivity contribution in [2.75, 3.05) is 13.2 Å². The number of ether oxygens (including phenoxy) is 3. The lowest BCUT2D eigenvalue weighted by Crippen LogP contribution is -2.30. The summed E-state index contributed by atoms with van der Waals surface area (Å²) in [4.78, 5) is 38.2. The van der Waals surface area contributed by atoms with Gasteiger partial charge < -0.3 is 14.2 Å². The van der Waals surface area contributed by atoms with Crippen molar-refractivity contribution < 1.29 is 28.6 Å². The largest absolute Gasteiger partial charge is 0.462 e. The van der Waals surface area contributed by atoms with Crippen LogP contribution in [0.5, 0.6) is 0 Å². The van der Waals surface area contributed by atoms with Crippen LogP contribution in [0.1, 0.15) is 310 Å². The minimum Gasteiger partial charge on any atom is -0.462 e. The minimum absolute atomic E-state index is 0.0816. The van der Waals surface area contributed by atoms with Crippen molar-refractivity contribution in [3.63, 3.8) is 0 Å². The van der Waals surface area contributed by atoms with E-state index in [1.807, 2.05) is 0 Å². The van der Waals surface area contributed by atoms with E-state index in [0.717, 1.165) is 83.5 Å². The Labute approximate surface area is 422 Å². The molecule has 0 aliphatic carbocycles. The lowest BCUT2D eigenvalue weighted by atomic mass is 10.0. The Hall–Kier alpha value is -2.63. The topological polar surface area (TPSA) is 78.9 Å². The van der Waals surface area contributed by atoms with E-state index in [1.54, 1.807) is 0 Å². The van der Waals surface area contributed by atoms with E-state index < -0.39 is 6.10 Å². The summed E-state index contributed by atoms with van der Waals surface area (Å²) in [5, 5.41) is 0. The Balaban J connectivity index is 4.36. The van der Waals surface area contributed by atoms with Crippen LogP contribution in [0.3, 0.4) is 0 Å². The summed E-state index contributed by atoms with van der Waals surface area (Å²) in [6.07, 6.45) is 69.7. The fraction of sp³-hybridized carbons (Fsp3) is 0.823. The van der Waals surface area contributed by atoms with Crippen molar-refractivity contribution in [2.45, 2.75) is 316 Å². The summed E-state index contributed by atoms with van der Waals surface area (Å²) in [5.41, 5.74) is 0. The molecular formula is C62H112O6. The zero-order chi connectivity index (χ0) is 49.3. The number of carbonyl (C=O) groups is 3. The quantitative estimate of drug-likeness (QED) is 0.0262. The van der Waals surface area contributed by atoms with Gasteiger partial charge in [-0.3, -0.25) is 14.4 Å². The van der Waals surface area contributed by atoms with E-state index in [9.17, 15) is 14.4 Å². The highest BCUT2D eigenvalue weighted by molar-refractivity contribution is 5.71. The van der Waals surface area contributed by atoms with Gasteiger partial charge in [-0.05, 0) is 57.8 Å². The molecule has 1 atom stereocenters. The van der Waals surface area contributed by atoms with Crippen LogP contribution >= 0.6 is 0 Å². The first-order valence-electron chi connectivity index (χ1n) is 29.6. The molecule has 0 spiro atoms. The highest BCUT2D eigenvalue weighted by atomic mass is 16.6. The molecule has 0 fully saturated rings. The molecule has 0 N–H and O–H groups in total. The third kappa shape index (κ3) is 54.3. The molecule has 0 aromatic carbocycles. The van der Waals surface area contributed by atoms with Crippen LogP contribution < -0.4 is 0 Å². The van der Waals surface area contributed by atoms with E-state index in [4.69, 9.17) is 14.2 Å². The van der Waals surface area contributed by atoms with Gasteiger partial charge in [0.25, 0.3) is 0 Å². The lowest BCUT2D eigenvalue weighted by Gasteiger charge is -2.18. The van der Waals surface area contributed by atoms with Gasteiger partial charge in [0.15, 0.2) is 6.10 Å². The number of carbonyl (C=O) groups excluding carboxylic acids is 3. The second-order valence-corrected chi connectivity index (χ2v) is 19.9. The van der Waals surface area contributed by atoms with E-state index in [-0.39, 0.29) is 31.1 Å². The van der Waals surface area contributed by atoms with Crippen molar-refractivity contribution in [3.05, 3.63) is 48.6 Å². The number of hydrogen-bond donors (Lipinski definition) is 0. The van der Waals surface area contributed by atoms with E-state index in [2.05, 4.69) is 69.4 Å². The maximum Gasteiger partial charge on any atom is 0.306 e. The molecule has 0 radical (unpaired) electrons. The van der Waals surface area contributed by atoms with Gasteiger partial charge in [0, 0.05) is 19.3 Å². The fourth-order valence-corrected chi connectivity index (χ4v) is 8.67. The summed E-state index contributed by atoms with van der Waals surface area (Å²) in [6, 6.07) is 0. The normalized spacial score (nSPS) is 12.3. The van der Waals surface area contributed by atoms with Crippen molar-refractivity contribution >= 4 is 17.9 Å². The third-order valence-electron chi connectivity index (χ3n) is 13.1. The number of rotatable bonds is 54. The molecule has 0 aliphatic heterocycles. The monoisotopic (exact) mass is 953 g/mol. The second-order valence-electron chi connectivity index (χ2n) is 19.9. The molecule has 0 aliphatic rings. The van der Waals surface area contributed by atoms with Crippen molar-refractivity contribution in [1.29, 1.82) is 0 Å². The average Bonchev–Trinajstić information content (AvgIpc) is 3.34. The average molecular weight is 954 g/mol. The van der Waals surface area contributed by atoms with Gasteiger partial charge in [-0.1, -0.05) is 281 Å². The van der Waals surface area contributed by atoms with Crippen molar-refractivity contribution in [2.24, 2.45) is 0 Å². The molecular weight excluding hydrogens is 841 g/mol. The van der Waals surface area contributed by atoms with Gasteiger partial charge in [0.1, 0.15) is 13.2 Å². The summed E-state index contributed by atoms with van der Waals surface area (Å²) in [6.45, 7) is 6.54. The summed E-state index contributed by atoms with van der Waals surface area (Å²) < 4.78 is 16.9. The fourth-order valence-electron chi connectivity index (χ4n) is 8.67. The van der Waals surface area contributed by atoms with Crippen LogP contribution in [0, 0.1) is 0 Å². The van der Waals surface area contributed by atoms with Crippen LogP contribution in [0.4, 0.5) is 0 Å². The Bertz CT molecular complexity index is 1190. The van der Waals surface area contributed by atoms with Crippen LogP contribution in [0.2, 0.25) is 0 Å². The van der Waals surface area contributed by atoms with E-state index in [0.29, 0.717) is 19.3 Å². The highest BCUT2D eigenvalue weighted by Gasteiger charge is 2.19. The molecule has 0 aromatic heterocycles. The van der Waals surface area contributed by atoms with Gasteiger partial charge in [0.05, 0.1) is 0 Å². The molecule has 0 aromatic rings. The van der Waals surface area contributed by atoms with Crippen molar-refractivity contribution in [1.82, 2.24) is 0 Å². The molecule has 68 heavy (non-hydrogen) atoms. The molecule has 0 heterocycles. The van der Waals surface area contributed by atoms with Crippen LogP contribution in [-0.2, 0) is 28.6 Å². The SMILES string of the molecule is CC/C=C\C/C=C\C/C=C\C/C=C\CCCCC(=O)OC[C@H](COC(=O)CCCCCCCCCCCCCCCCCCCCC)OC(=O)CCCCCCCCCCCCCCCCCC. The van der Waals surface area contributed by atoms with Gasteiger partial charge in [-0.15, -0.1) is 0 Å². The highest BCUT2D eigenvalue weighted by Crippen LogP contribution is 2.17. The molecule has 0 unspecified atom stereocenters.